The predicted octanol–water partition coefficient (Wildman–Crippen LogP) is 1.20. The second-order valence-corrected chi connectivity index (χ2v) is 4.46. The molecular formula is C15H16FNO3. The minimum atomic E-state index is -0.613. The van der Waals surface area contributed by atoms with Gasteiger partial charge < -0.3 is 14.4 Å². The van der Waals surface area contributed by atoms with Gasteiger partial charge in [0, 0.05) is 6.54 Å². The Balaban J connectivity index is 2.04. The number of nitrogens with zero attached hydrogens (tertiary/aromatic N) is 1. The van der Waals surface area contributed by atoms with E-state index in [2.05, 4.69) is 5.92 Å². The number of rotatable bonds is 4. The lowest BCUT2D eigenvalue weighted by molar-refractivity contribution is -0.157. The molecule has 2 rings (SSSR count). The number of carbonyl (C=O) groups excluding carboxylic acids is 1. The normalized spacial score (nSPS) is 18.3. The van der Waals surface area contributed by atoms with Crippen LogP contribution in [0.4, 0.5) is 4.39 Å². The Bertz CT molecular complexity index is 489. The molecule has 1 aromatic carbocycles. The number of terminal acetylenes is 1. The maximum atomic E-state index is 12.9. The van der Waals surface area contributed by atoms with Crippen molar-refractivity contribution in [3.8, 4) is 12.3 Å². The van der Waals surface area contributed by atoms with E-state index in [0.29, 0.717) is 19.8 Å². The Morgan fingerprint density at radius 2 is 2.15 bits per heavy atom. The molecule has 0 aromatic heterocycles. The summed E-state index contributed by atoms with van der Waals surface area (Å²) in [7, 11) is 0. The molecule has 20 heavy (non-hydrogen) atoms. The van der Waals surface area contributed by atoms with Crippen molar-refractivity contribution in [3.63, 3.8) is 0 Å². The average Bonchev–Trinajstić information content (AvgIpc) is 2.49. The van der Waals surface area contributed by atoms with Gasteiger partial charge >= 0.3 is 0 Å². The largest absolute Gasteiger partial charge is 0.376 e. The van der Waals surface area contributed by atoms with Crippen LogP contribution >= 0.6 is 0 Å². The summed E-state index contributed by atoms with van der Waals surface area (Å²) in [6.07, 6.45) is 4.69. The molecule has 1 amide bonds. The van der Waals surface area contributed by atoms with E-state index >= 15 is 0 Å². The summed E-state index contributed by atoms with van der Waals surface area (Å²) < 4.78 is 23.5. The van der Waals surface area contributed by atoms with Gasteiger partial charge in [-0.05, 0) is 17.7 Å². The minimum Gasteiger partial charge on any atom is -0.376 e. The molecule has 4 nitrogen and oxygen atoms in total. The van der Waals surface area contributed by atoms with Crippen LogP contribution in [0.2, 0.25) is 0 Å². The molecule has 1 aliphatic heterocycles. The Morgan fingerprint density at radius 1 is 1.40 bits per heavy atom. The Hall–Kier alpha value is -1.90. The van der Waals surface area contributed by atoms with Crippen LogP contribution in [-0.2, 0) is 20.8 Å². The van der Waals surface area contributed by atoms with Crippen LogP contribution in [0.25, 0.3) is 0 Å². The first-order chi connectivity index (χ1) is 9.70. The number of carbonyl (C=O) groups is 1. The summed E-state index contributed by atoms with van der Waals surface area (Å²) >= 11 is 0. The van der Waals surface area contributed by atoms with E-state index in [4.69, 9.17) is 15.9 Å². The molecule has 1 aromatic rings. The third-order valence-electron chi connectivity index (χ3n) is 2.97. The number of hydrogen-bond acceptors (Lipinski definition) is 3. The Kier molecular flexibility index (Phi) is 5.10. The number of hydrogen-bond donors (Lipinski definition) is 0. The highest BCUT2D eigenvalue weighted by Gasteiger charge is 2.27. The van der Waals surface area contributed by atoms with Gasteiger partial charge in [-0.15, -0.1) is 6.42 Å². The summed E-state index contributed by atoms with van der Waals surface area (Å²) in [6, 6.07) is 5.97. The van der Waals surface area contributed by atoms with Gasteiger partial charge in [0.2, 0.25) is 0 Å². The first kappa shape index (κ1) is 14.5. The fraction of sp³-hybridized carbons (Fsp3) is 0.400. The van der Waals surface area contributed by atoms with Crippen molar-refractivity contribution < 1.29 is 18.7 Å². The zero-order valence-electron chi connectivity index (χ0n) is 11.0. The predicted molar refractivity (Wildman–Crippen MR) is 71.2 cm³/mol. The van der Waals surface area contributed by atoms with Gasteiger partial charge in [-0.25, -0.2) is 4.39 Å². The van der Waals surface area contributed by atoms with Crippen molar-refractivity contribution in [3.05, 3.63) is 35.6 Å². The first-order valence-corrected chi connectivity index (χ1v) is 6.36. The van der Waals surface area contributed by atoms with Crippen LogP contribution in [0.1, 0.15) is 5.56 Å². The lowest BCUT2D eigenvalue weighted by Crippen LogP contribution is -2.45. The van der Waals surface area contributed by atoms with E-state index in [1.54, 1.807) is 12.1 Å². The fourth-order valence-corrected chi connectivity index (χ4v) is 1.97. The van der Waals surface area contributed by atoms with Crippen LogP contribution in [0, 0.1) is 18.2 Å². The van der Waals surface area contributed by atoms with E-state index in [-0.39, 0.29) is 24.9 Å². The van der Waals surface area contributed by atoms with Gasteiger partial charge in [-0.3, -0.25) is 4.79 Å². The molecule has 0 aliphatic carbocycles. The summed E-state index contributed by atoms with van der Waals surface area (Å²) in [5, 5.41) is 0. The van der Waals surface area contributed by atoms with E-state index < -0.39 is 6.10 Å². The molecule has 1 heterocycles. The Labute approximate surface area is 117 Å². The molecular weight excluding hydrogens is 261 g/mol. The first-order valence-electron chi connectivity index (χ1n) is 6.36. The number of halogens is 1. The highest BCUT2D eigenvalue weighted by molar-refractivity contribution is 5.81. The second-order valence-electron chi connectivity index (χ2n) is 4.46. The lowest BCUT2D eigenvalue weighted by Gasteiger charge is -2.28. The van der Waals surface area contributed by atoms with Crippen molar-refractivity contribution >= 4 is 5.91 Å². The highest BCUT2D eigenvalue weighted by Crippen LogP contribution is 2.11. The zero-order chi connectivity index (χ0) is 14.4. The van der Waals surface area contributed by atoms with Gasteiger partial charge in [-0.2, -0.15) is 0 Å². The van der Waals surface area contributed by atoms with Crippen molar-refractivity contribution in [2.75, 3.05) is 26.4 Å². The van der Waals surface area contributed by atoms with Gasteiger partial charge in [0.1, 0.15) is 5.82 Å². The van der Waals surface area contributed by atoms with Crippen molar-refractivity contribution in [1.29, 1.82) is 0 Å². The standard InChI is InChI=1S/C15H16FNO3/c1-2-7-17(10-12-3-5-13(16)6-4-12)15(18)14-11-19-8-9-20-14/h1,3-6,14H,7-11H2/t14-/m0/s1. The summed E-state index contributed by atoms with van der Waals surface area (Å²) in [4.78, 5) is 13.8. The molecule has 106 valence electrons. The molecule has 5 heteroatoms. The van der Waals surface area contributed by atoms with E-state index in [1.165, 1.54) is 17.0 Å². The monoisotopic (exact) mass is 277 g/mol. The molecule has 1 aliphatic rings. The molecule has 0 spiro atoms. The third kappa shape index (κ3) is 3.80. The number of benzene rings is 1. The molecule has 0 unspecified atom stereocenters. The quantitative estimate of drug-likeness (QED) is 0.776. The lowest BCUT2D eigenvalue weighted by atomic mass is 10.2. The molecule has 0 radical (unpaired) electrons. The average molecular weight is 277 g/mol. The number of ether oxygens (including phenoxy) is 2. The van der Waals surface area contributed by atoms with Crippen LogP contribution in [0.3, 0.4) is 0 Å². The smallest absolute Gasteiger partial charge is 0.255 e. The van der Waals surface area contributed by atoms with Crippen molar-refractivity contribution in [2.24, 2.45) is 0 Å². The van der Waals surface area contributed by atoms with Gasteiger partial charge in [0.15, 0.2) is 6.10 Å². The van der Waals surface area contributed by atoms with Gasteiger partial charge in [-0.1, -0.05) is 18.1 Å². The zero-order valence-corrected chi connectivity index (χ0v) is 11.0. The van der Waals surface area contributed by atoms with Crippen molar-refractivity contribution in [1.82, 2.24) is 4.90 Å². The number of amides is 1. The van der Waals surface area contributed by atoms with Gasteiger partial charge in [0.25, 0.3) is 5.91 Å². The van der Waals surface area contributed by atoms with Crippen LogP contribution in [0.5, 0.6) is 0 Å². The van der Waals surface area contributed by atoms with Gasteiger partial charge in [0.05, 0.1) is 26.4 Å². The highest BCUT2D eigenvalue weighted by atomic mass is 19.1. The third-order valence-corrected chi connectivity index (χ3v) is 2.97. The van der Waals surface area contributed by atoms with E-state index in [1.807, 2.05) is 0 Å². The summed E-state index contributed by atoms with van der Waals surface area (Å²) in [5.41, 5.74) is 0.812. The molecule has 0 saturated carbocycles. The maximum Gasteiger partial charge on any atom is 0.255 e. The second kappa shape index (κ2) is 7.04. The molecule has 1 atom stereocenters. The fourth-order valence-electron chi connectivity index (χ4n) is 1.97. The molecule has 1 fully saturated rings. The van der Waals surface area contributed by atoms with E-state index in [0.717, 1.165) is 5.56 Å². The molecule has 1 saturated heterocycles. The van der Waals surface area contributed by atoms with Crippen LogP contribution in [0.15, 0.2) is 24.3 Å². The summed E-state index contributed by atoms with van der Waals surface area (Å²) in [5.74, 6) is 1.94. The molecule has 0 N–H and O–H groups in total. The van der Waals surface area contributed by atoms with Crippen molar-refractivity contribution in [2.45, 2.75) is 12.6 Å². The van der Waals surface area contributed by atoms with E-state index in [9.17, 15) is 9.18 Å². The minimum absolute atomic E-state index is 0.177. The maximum absolute atomic E-state index is 12.9. The Morgan fingerprint density at radius 3 is 2.75 bits per heavy atom. The topological polar surface area (TPSA) is 38.8 Å². The summed E-state index contributed by atoms with van der Waals surface area (Å²) in [6.45, 7) is 1.64. The van der Waals surface area contributed by atoms with Crippen LogP contribution < -0.4 is 0 Å². The molecule has 0 bridgehead atoms. The SMILES string of the molecule is C#CCN(Cc1ccc(F)cc1)C(=O)[C@@H]1COCCO1. The van der Waals surface area contributed by atoms with Crippen LogP contribution in [-0.4, -0.2) is 43.3 Å².